The number of amides is 1. The molecule has 1 amide bonds. The molecule has 1 fully saturated rings. The summed E-state index contributed by atoms with van der Waals surface area (Å²) >= 11 is 0. The van der Waals surface area contributed by atoms with Gasteiger partial charge < -0.3 is 10.0 Å². The fourth-order valence-electron chi connectivity index (χ4n) is 3.16. The zero-order chi connectivity index (χ0) is 20.0. The fraction of sp³-hybridized carbons (Fsp3) is 0.579. The predicted molar refractivity (Wildman–Crippen MR) is 102 cm³/mol. The number of nitrogens with zero attached hydrogens (tertiary/aromatic N) is 2. The number of sulfonamides is 1. The quantitative estimate of drug-likeness (QED) is 0.690. The first-order valence-electron chi connectivity index (χ1n) is 9.36. The summed E-state index contributed by atoms with van der Waals surface area (Å²) in [5.41, 5.74) is 0.850. The van der Waals surface area contributed by atoms with Gasteiger partial charge in [0.05, 0.1) is 4.90 Å². The summed E-state index contributed by atoms with van der Waals surface area (Å²) in [6.07, 6.45) is 3.10. The Hall–Kier alpha value is -1.93. The molecule has 1 saturated heterocycles. The summed E-state index contributed by atoms with van der Waals surface area (Å²) < 4.78 is 26.5. The van der Waals surface area contributed by atoms with Crippen molar-refractivity contribution in [2.24, 2.45) is 0 Å². The van der Waals surface area contributed by atoms with E-state index in [9.17, 15) is 18.0 Å². The first-order chi connectivity index (χ1) is 12.8. The van der Waals surface area contributed by atoms with Gasteiger partial charge in [0.15, 0.2) is 0 Å². The maximum absolute atomic E-state index is 12.5. The molecule has 1 aromatic rings. The van der Waals surface area contributed by atoms with E-state index in [4.69, 9.17) is 5.11 Å². The van der Waals surface area contributed by atoms with Crippen LogP contribution in [0.5, 0.6) is 0 Å². The van der Waals surface area contributed by atoms with Crippen LogP contribution in [-0.2, 0) is 26.0 Å². The molecule has 2 rings (SSSR count). The number of rotatable bonds is 9. The summed E-state index contributed by atoms with van der Waals surface area (Å²) in [6, 6.07) is 6.47. The van der Waals surface area contributed by atoms with Gasteiger partial charge in [-0.3, -0.25) is 9.59 Å². The molecule has 0 spiro atoms. The molecule has 0 radical (unpaired) electrons. The van der Waals surface area contributed by atoms with Crippen molar-refractivity contribution in [3.63, 3.8) is 0 Å². The topological polar surface area (TPSA) is 95.0 Å². The lowest BCUT2D eigenvalue weighted by atomic mass is 10.1. The van der Waals surface area contributed by atoms with Crippen LogP contribution in [0.1, 0.15) is 45.1 Å². The third-order valence-corrected chi connectivity index (χ3v) is 6.92. The van der Waals surface area contributed by atoms with E-state index in [1.807, 2.05) is 13.8 Å². The average Bonchev–Trinajstić information content (AvgIpc) is 3.19. The highest BCUT2D eigenvalue weighted by Gasteiger charge is 2.27. The van der Waals surface area contributed by atoms with E-state index in [0.717, 1.165) is 18.4 Å². The smallest absolute Gasteiger partial charge is 0.323 e. The first kappa shape index (κ1) is 21.4. The second kappa shape index (κ2) is 9.32. The summed E-state index contributed by atoms with van der Waals surface area (Å²) in [4.78, 5) is 25.1. The second-order valence-corrected chi connectivity index (χ2v) is 8.87. The molecule has 0 saturated carbocycles. The molecule has 1 heterocycles. The van der Waals surface area contributed by atoms with Gasteiger partial charge in [0.2, 0.25) is 15.9 Å². The average molecular weight is 397 g/mol. The minimum Gasteiger partial charge on any atom is -0.480 e. The van der Waals surface area contributed by atoms with Crippen LogP contribution in [0.15, 0.2) is 29.2 Å². The van der Waals surface area contributed by atoms with E-state index in [2.05, 4.69) is 0 Å². The molecule has 150 valence electrons. The van der Waals surface area contributed by atoms with E-state index in [1.165, 1.54) is 9.21 Å². The van der Waals surface area contributed by atoms with Crippen molar-refractivity contribution < 1.29 is 23.1 Å². The van der Waals surface area contributed by atoms with Crippen molar-refractivity contribution in [1.82, 2.24) is 9.21 Å². The van der Waals surface area contributed by atoms with E-state index >= 15 is 0 Å². The van der Waals surface area contributed by atoms with Crippen molar-refractivity contribution in [3.05, 3.63) is 29.8 Å². The lowest BCUT2D eigenvalue weighted by Crippen LogP contribution is -2.41. The molecule has 0 aliphatic carbocycles. The van der Waals surface area contributed by atoms with Gasteiger partial charge in [-0.05, 0) is 50.3 Å². The van der Waals surface area contributed by atoms with Gasteiger partial charge in [-0.2, -0.15) is 4.31 Å². The number of carboxylic acid groups (broad SMARTS) is 1. The van der Waals surface area contributed by atoms with Gasteiger partial charge in [-0.25, -0.2) is 8.42 Å². The zero-order valence-corrected chi connectivity index (χ0v) is 16.7. The Morgan fingerprint density at radius 3 is 2.30 bits per heavy atom. The maximum Gasteiger partial charge on any atom is 0.323 e. The van der Waals surface area contributed by atoms with Gasteiger partial charge in [0.25, 0.3) is 0 Å². The molecule has 0 bridgehead atoms. The van der Waals surface area contributed by atoms with Gasteiger partial charge in [0, 0.05) is 25.6 Å². The van der Waals surface area contributed by atoms with Crippen LogP contribution < -0.4 is 0 Å². The summed E-state index contributed by atoms with van der Waals surface area (Å²) in [5, 5.41) is 9.00. The predicted octanol–water partition coefficient (Wildman–Crippen LogP) is 2.12. The highest BCUT2D eigenvalue weighted by molar-refractivity contribution is 7.89. The van der Waals surface area contributed by atoms with Crippen LogP contribution in [0, 0.1) is 0 Å². The van der Waals surface area contributed by atoms with Crippen LogP contribution in [0.4, 0.5) is 0 Å². The van der Waals surface area contributed by atoms with Crippen LogP contribution in [0.25, 0.3) is 0 Å². The van der Waals surface area contributed by atoms with Crippen molar-refractivity contribution in [2.75, 3.05) is 19.6 Å². The molecule has 8 heteroatoms. The van der Waals surface area contributed by atoms with Crippen LogP contribution >= 0.6 is 0 Å². The van der Waals surface area contributed by atoms with Crippen LogP contribution in [-0.4, -0.2) is 60.3 Å². The number of hydrogen-bond donors (Lipinski definition) is 1. The third-order valence-electron chi connectivity index (χ3n) is 5.00. The van der Waals surface area contributed by atoms with E-state index in [0.29, 0.717) is 25.9 Å². The largest absolute Gasteiger partial charge is 0.480 e. The number of aryl methyl sites for hydroxylation is 1. The zero-order valence-electron chi connectivity index (χ0n) is 15.9. The molecular weight excluding hydrogens is 368 g/mol. The lowest BCUT2D eigenvalue weighted by Gasteiger charge is -2.27. The molecule has 1 aliphatic heterocycles. The Morgan fingerprint density at radius 2 is 1.78 bits per heavy atom. The second-order valence-electron chi connectivity index (χ2n) is 6.93. The van der Waals surface area contributed by atoms with Crippen molar-refractivity contribution in [3.8, 4) is 0 Å². The van der Waals surface area contributed by atoms with Gasteiger partial charge in [0.1, 0.15) is 6.54 Å². The Labute approximate surface area is 161 Å². The minimum absolute atomic E-state index is 0.137. The van der Waals surface area contributed by atoms with E-state index in [-0.39, 0.29) is 29.8 Å². The molecule has 1 aliphatic rings. The minimum atomic E-state index is -3.44. The Balaban J connectivity index is 1.99. The van der Waals surface area contributed by atoms with Gasteiger partial charge in [-0.1, -0.05) is 19.1 Å². The summed E-state index contributed by atoms with van der Waals surface area (Å²) in [5.74, 6) is -1.24. The molecule has 1 N–H and O–H groups in total. The SMILES string of the molecule is CCC(C)N(CC(=O)O)C(=O)CCc1ccc(S(=O)(=O)N2CCCC2)cc1. The molecule has 7 nitrogen and oxygen atoms in total. The Morgan fingerprint density at radius 1 is 1.19 bits per heavy atom. The van der Waals surface area contributed by atoms with Gasteiger partial charge in [-0.15, -0.1) is 0 Å². The first-order valence-corrected chi connectivity index (χ1v) is 10.8. The lowest BCUT2D eigenvalue weighted by molar-refractivity contribution is -0.146. The normalized spacial score (nSPS) is 16.2. The molecular formula is C19H28N2O5S. The number of aliphatic carboxylic acids is 1. The van der Waals surface area contributed by atoms with Crippen molar-refractivity contribution in [1.29, 1.82) is 0 Å². The highest BCUT2D eigenvalue weighted by Crippen LogP contribution is 2.21. The standard InChI is InChI=1S/C19H28N2O5S/c1-3-15(2)21(14-19(23)24)18(22)11-8-16-6-9-17(10-7-16)27(25,26)20-12-4-5-13-20/h6-7,9-10,15H,3-5,8,11-14H2,1-2H3,(H,23,24). The molecule has 1 atom stereocenters. The number of carbonyl (C=O) groups is 2. The maximum atomic E-state index is 12.5. The number of hydrogen-bond acceptors (Lipinski definition) is 4. The number of benzene rings is 1. The van der Waals surface area contributed by atoms with Crippen molar-refractivity contribution in [2.45, 2.75) is 56.9 Å². The summed E-state index contributed by atoms with van der Waals surface area (Å²) in [7, 11) is -3.44. The summed E-state index contributed by atoms with van der Waals surface area (Å²) in [6.45, 7) is 4.56. The third kappa shape index (κ3) is 5.52. The van der Waals surface area contributed by atoms with Gasteiger partial charge >= 0.3 is 5.97 Å². The van der Waals surface area contributed by atoms with E-state index < -0.39 is 16.0 Å². The molecule has 0 aromatic heterocycles. The van der Waals surface area contributed by atoms with E-state index in [1.54, 1.807) is 24.3 Å². The monoisotopic (exact) mass is 396 g/mol. The molecule has 1 aromatic carbocycles. The molecule has 1 unspecified atom stereocenters. The van der Waals surface area contributed by atoms with Crippen LogP contribution in [0.3, 0.4) is 0 Å². The number of carboxylic acids is 1. The molecule has 27 heavy (non-hydrogen) atoms. The Bertz CT molecular complexity index is 755. The van der Waals surface area contributed by atoms with Crippen molar-refractivity contribution >= 4 is 21.9 Å². The van der Waals surface area contributed by atoms with Crippen LogP contribution in [0.2, 0.25) is 0 Å². The fourth-order valence-corrected chi connectivity index (χ4v) is 4.67. The highest BCUT2D eigenvalue weighted by atomic mass is 32.2. The Kier molecular flexibility index (Phi) is 7.38. The number of carbonyl (C=O) groups excluding carboxylic acids is 1.